The van der Waals surface area contributed by atoms with Gasteiger partial charge in [0, 0.05) is 37.1 Å². The van der Waals surface area contributed by atoms with E-state index in [2.05, 4.69) is 10.3 Å². The summed E-state index contributed by atoms with van der Waals surface area (Å²) in [5.74, 6) is 0.474. The zero-order chi connectivity index (χ0) is 19.3. The third-order valence-corrected chi connectivity index (χ3v) is 6.28. The first kappa shape index (κ1) is 19.2. The van der Waals surface area contributed by atoms with Gasteiger partial charge in [-0.2, -0.15) is 0 Å². The normalized spacial score (nSPS) is 15.5. The third kappa shape index (κ3) is 4.77. The molecule has 0 bridgehead atoms. The lowest BCUT2D eigenvalue weighted by Gasteiger charge is -2.20. The van der Waals surface area contributed by atoms with Crippen LogP contribution in [-0.4, -0.2) is 38.7 Å². The first-order valence-electron chi connectivity index (χ1n) is 8.87. The van der Waals surface area contributed by atoms with Gasteiger partial charge in [-0.3, -0.25) is 14.1 Å². The highest BCUT2D eigenvalue weighted by atomic mass is 32.2. The number of carbonyl (C=O) groups is 1. The van der Waals surface area contributed by atoms with Crippen molar-refractivity contribution in [2.24, 2.45) is 0 Å². The molecule has 0 aliphatic carbocycles. The minimum absolute atomic E-state index is 0.0949. The van der Waals surface area contributed by atoms with E-state index in [9.17, 15) is 13.2 Å². The van der Waals surface area contributed by atoms with Crippen LogP contribution in [-0.2, 0) is 21.2 Å². The highest BCUT2D eigenvalue weighted by Gasteiger charge is 2.30. The van der Waals surface area contributed by atoms with Crippen molar-refractivity contribution in [3.05, 3.63) is 48.3 Å². The summed E-state index contributed by atoms with van der Waals surface area (Å²) in [6.07, 6.45) is 6.02. The molecule has 2 aromatic rings. The molecule has 0 saturated carbocycles. The molecule has 1 aromatic carbocycles. The topological polar surface area (TPSA) is 88.6 Å². The lowest BCUT2D eigenvalue weighted by Crippen LogP contribution is -2.25. The largest absolute Gasteiger partial charge is 0.494 e. The number of benzene rings is 1. The van der Waals surface area contributed by atoms with Crippen LogP contribution in [0.5, 0.6) is 5.75 Å². The van der Waals surface area contributed by atoms with E-state index in [0.29, 0.717) is 36.5 Å². The second-order valence-electron chi connectivity index (χ2n) is 6.39. The fourth-order valence-electron chi connectivity index (χ4n) is 3.09. The number of aryl methyl sites for hydroxylation is 1. The van der Waals surface area contributed by atoms with Gasteiger partial charge in [-0.05, 0) is 43.0 Å². The van der Waals surface area contributed by atoms with E-state index in [0.717, 1.165) is 18.4 Å². The van der Waals surface area contributed by atoms with E-state index in [1.807, 2.05) is 12.1 Å². The van der Waals surface area contributed by atoms with Crippen LogP contribution in [0.25, 0.3) is 0 Å². The lowest BCUT2D eigenvalue weighted by atomic mass is 10.1. The number of nitrogens with one attached hydrogen (secondary N) is 1. The summed E-state index contributed by atoms with van der Waals surface area (Å²) in [5, 5.41) is 2.84. The van der Waals surface area contributed by atoms with Crippen LogP contribution in [0.3, 0.4) is 0 Å². The molecule has 2 heterocycles. The summed E-state index contributed by atoms with van der Waals surface area (Å²) < 4.78 is 31.0. The summed E-state index contributed by atoms with van der Waals surface area (Å²) in [5.41, 5.74) is 2.19. The lowest BCUT2D eigenvalue weighted by molar-refractivity contribution is -0.116. The standard InChI is InChI=1S/C19H23N3O4S/c1-26-18-13-16(8-9-17(18)22-11-4-12-27(22,24)25)21-19(23)7-2-5-15-6-3-10-20-14-15/h3,6,8-10,13-14H,2,4-5,7,11-12H2,1H3,(H,21,23). The number of pyridine rings is 1. The summed E-state index contributed by atoms with van der Waals surface area (Å²) >= 11 is 0. The van der Waals surface area contributed by atoms with E-state index in [1.54, 1.807) is 30.6 Å². The molecule has 7 nitrogen and oxygen atoms in total. The smallest absolute Gasteiger partial charge is 0.235 e. The maximum atomic E-state index is 12.2. The number of nitrogens with zero attached hydrogens (tertiary/aromatic N) is 2. The highest BCUT2D eigenvalue weighted by molar-refractivity contribution is 7.93. The maximum Gasteiger partial charge on any atom is 0.235 e. The van der Waals surface area contributed by atoms with Crippen molar-refractivity contribution in [3.8, 4) is 5.75 Å². The number of rotatable bonds is 7. The number of hydrogen-bond donors (Lipinski definition) is 1. The molecule has 1 saturated heterocycles. The number of aromatic nitrogens is 1. The van der Waals surface area contributed by atoms with E-state index >= 15 is 0 Å². The number of sulfonamides is 1. The van der Waals surface area contributed by atoms with Crippen LogP contribution in [0.4, 0.5) is 11.4 Å². The molecule has 1 N–H and O–H groups in total. The molecule has 27 heavy (non-hydrogen) atoms. The number of carbonyl (C=O) groups excluding carboxylic acids is 1. The van der Waals surface area contributed by atoms with Crippen molar-refractivity contribution in [3.63, 3.8) is 0 Å². The molecule has 144 valence electrons. The minimum atomic E-state index is -3.29. The second kappa shape index (κ2) is 8.39. The fraction of sp³-hybridized carbons (Fsp3) is 0.368. The molecular formula is C19H23N3O4S. The Morgan fingerprint density at radius 1 is 1.33 bits per heavy atom. The van der Waals surface area contributed by atoms with E-state index in [1.165, 1.54) is 11.4 Å². The Bertz CT molecular complexity index is 900. The Labute approximate surface area is 159 Å². The van der Waals surface area contributed by atoms with Crippen LogP contribution in [0.1, 0.15) is 24.8 Å². The Kier molecular flexibility index (Phi) is 5.95. The third-order valence-electron chi connectivity index (χ3n) is 4.42. The van der Waals surface area contributed by atoms with Gasteiger partial charge in [0.15, 0.2) is 0 Å². The van der Waals surface area contributed by atoms with E-state index in [-0.39, 0.29) is 11.7 Å². The van der Waals surface area contributed by atoms with Crippen molar-refractivity contribution in [2.45, 2.75) is 25.7 Å². The number of ether oxygens (including phenoxy) is 1. The predicted octanol–water partition coefficient (Wildman–Crippen LogP) is 2.59. The molecule has 0 unspecified atom stereocenters. The summed E-state index contributed by atoms with van der Waals surface area (Å²) in [7, 11) is -1.80. The van der Waals surface area contributed by atoms with Gasteiger partial charge in [0.25, 0.3) is 0 Å². The summed E-state index contributed by atoms with van der Waals surface area (Å²) in [6.45, 7) is 0.443. The first-order chi connectivity index (χ1) is 13.0. The fourth-order valence-corrected chi connectivity index (χ4v) is 4.67. The Balaban J connectivity index is 1.61. The second-order valence-corrected chi connectivity index (χ2v) is 8.40. The monoisotopic (exact) mass is 389 g/mol. The Hall–Kier alpha value is -2.61. The van der Waals surface area contributed by atoms with E-state index in [4.69, 9.17) is 4.74 Å². The molecule has 1 aromatic heterocycles. The van der Waals surface area contributed by atoms with Crippen molar-refractivity contribution < 1.29 is 17.9 Å². The average molecular weight is 389 g/mol. The van der Waals surface area contributed by atoms with Gasteiger partial charge in [-0.25, -0.2) is 8.42 Å². The zero-order valence-corrected chi connectivity index (χ0v) is 16.0. The molecule has 1 fully saturated rings. The average Bonchev–Trinajstić information content (AvgIpc) is 3.01. The molecule has 0 atom stereocenters. The van der Waals surface area contributed by atoms with Crippen LogP contribution < -0.4 is 14.4 Å². The zero-order valence-electron chi connectivity index (χ0n) is 15.2. The van der Waals surface area contributed by atoms with E-state index < -0.39 is 10.0 Å². The minimum Gasteiger partial charge on any atom is -0.494 e. The maximum absolute atomic E-state index is 12.2. The molecule has 1 amide bonds. The number of anilines is 2. The Morgan fingerprint density at radius 2 is 2.19 bits per heavy atom. The first-order valence-corrected chi connectivity index (χ1v) is 10.5. The van der Waals surface area contributed by atoms with Gasteiger partial charge < -0.3 is 10.1 Å². The van der Waals surface area contributed by atoms with Gasteiger partial charge in [0.05, 0.1) is 18.6 Å². The van der Waals surface area contributed by atoms with Crippen LogP contribution >= 0.6 is 0 Å². The predicted molar refractivity (Wildman–Crippen MR) is 105 cm³/mol. The van der Waals surface area contributed by atoms with Gasteiger partial charge in [-0.15, -0.1) is 0 Å². The van der Waals surface area contributed by atoms with Crippen molar-refractivity contribution in [1.29, 1.82) is 0 Å². The quantitative estimate of drug-likeness (QED) is 0.786. The molecule has 1 aliphatic rings. The molecule has 1 aliphatic heterocycles. The Morgan fingerprint density at radius 3 is 2.85 bits per heavy atom. The summed E-state index contributed by atoms with van der Waals surface area (Å²) in [6, 6.07) is 8.89. The SMILES string of the molecule is COc1cc(NC(=O)CCCc2cccnc2)ccc1N1CCCS1(=O)=O. The number of methoxy groups -OCH3 is 1. The highest BCUT2D eigenvalue weighted by Crippen LogP contribution is 2.35. The van der Waals surface area contributed by atoms with Gasteiger partial charge in [0.2, 0.25) is 15.9 Å². The molecule has 0 radical (unpaired) electrons. The van der Waals surface area contributed by atoms with Crippen molar-refractivity contribution in [1.82, 2.24) is 4.98 Å². The molecule has 8 heteroatoms. The molecule has 3 rings (SSSR count). The molecule has 0 spiro atoms. The van der Waals surface area contributed by atoms with Gasteiger partial charge in [-0.1, -0.05) is 6.07 Å². The van der Waals surface area contributed by atoms with Crippen LogP contribution in [0.2, 0.25) is 0 Å². The van der Waals surface area contributed by atoms with Crippen molar-refractivity contribution in [2.75, 3.05) is 29.0 Å². The van der Waals surface area contributed by atoms with Gasteiger partial charge >= 0.3 is 0 Å². The van der Waals surface area contributed by atoms with Gasteiger partial charge in [0.1, 0.15) is 5.75 Å². The van der Waals surface area contributed by atoms with Crippen LogP contribution in [0, 0.1) is 0 Å². The summed E-state index contributed by atoms with van der Waals surface area (Å²) in [4.78, 5) is 16.2. The van der Waals surface area contributed by atoms with Crippen LogP contribution in [0.15, 0.2) is 42.7 Å². The molecular weight excluding hydrogens is 366 g/mol. The number of hydrogen-bond acceptors (Lipinski definition) is 5. The van der Waals surface area contributed by atoms with Crippen molar-refractivity contribution >= 4 is 27.3 Å². The number of amides is 1.